The molecule has 2 aliphatic rings. The number of rotatable bonds is 13. The molecule has 2 aromatic rings. The number of carbonyl (C=O) groups is 1. The minimum atomic E-state index is -2.70. The number of ether oxygens (including phenoxy) is 3. The van der Waals surface area contributed by atoms with Gasteiger partial charge in [-0.25, -0.2) is 0 Å². The number of carbonyl (C=O) groups excluding carboxylic acids is 1. The summed E-state index contributed by atoms with van der Waals surface area (Å²) >= 11 is 0. The minimum absolute atomic E-state index is 0.00706. The molecule has 7 heteroatoms. The lowest BCUT2D eigenvalue weighted by atomic mass is 9.77. The molecule has 0 unspecified atom stereocenters. The molecule has 1 saturated heterocycles. The third-order valence-electron chi connectivity index (χ3n) is 10.8. The van der Waals surface area contributed by atoms with Gasteiger partial charge in [0, 0.05) is 25.4 Å². The SMILES string of the molecule is CC[C@@H](CO[Si](c1ccccc1)(c1ccccc1)C(C)(C)C)[C@H]1O[C@@]2(C=CC[C@H]([C@H](C)C[C@](O)(CC)COC(C)=O)O2)[C@H](C)C[C@@H]1C. The van der Waals surface area contributed by atoms with Crippen LogP contribution in [0, 0.1) is 23.7 Å². The van der Waals surface area contributed by atoms with E-state index in [1.807, 2.05) is 6.92 Å². The van der Waals surface area contributed by atoms with Crippen molar-refractivity contribution in [3.63, 3.8) is 0 Å². The van der Waals surface area contributed by atoms with Crippen LogP contribution in [0.25, 0.3) is 0 Å². The third-order valence-corrected chi connectivity index (χ3v) is 15.8. The molecule has 2 aliphatic heterocycles. The van der Waals surface area contributed by atoms with Gasteiger partial charge in [0.2, 0.25) is 0 Å². The largest absolute Gasteiger partial charge is 0.463 e. The Morgan fingerprint density at radius 2 is 1.62 bits per heavy atom. The van der Waals surface area contributed by atoms with E-state index in [4.69, 9.17) is 18.6 Å². The number of aliphatic hydroxyl groups is 1. The van der Waals surface area contributed by atoms with Crippen molar-refractivity contribution < 1.29 is 28.5 Å². The Hall–Kier alpha value is -2.29. The lowest BCUT2D eigenvalue weighted by Crippen LogP contribution is -2.67. The van der Waals surface area contributed by atoms with Crippen LogP contribution in [0.4, 0.5) is 0 Å². The van der Waals surface area contributed by atoms with Gasteiger partial charge in [0.15, 0.2) is 5.79 Å². The maximum atomic E-state index is 11.5. The van der Waals surface area contributed by atoms with E-state index >= 15 is 0 Å². The van der Waals surface area contributed by atoms with Crippen LogP contribution in [0.15, 0.2) is 72.8 Å². The van der Waals surface area contributed by atoms with E-state index in [0.29, 0.717) is 25.4 Å². The van der Waals surface area contributed by atoms with Crippen molar-refractivity contribution in [1.29, 1.82) is 0 Å². The highest BCUT2D eigenvalue weighted by molar-refractivity contribution is 6.99. The van der Waals surface area contributed by atoms with Crippen molar-refractivity contribution in [1.82, 2.24) is 0 Å². The molecule has 0 bridgehead atoms. The lowest BCUT2D eigenvalue weighted by Gasteiger charge is -2.52. The summed E-state index contributed by atoms with van der Waals surface area (Å²) in [5.41, 5.74) is -1.09. The average molecular weight is 665 g/mol. The highest BCUT2D eigenvalue weighted by atomic mass is 28.4. The van der Waals surface area contributed by atoms with E-state index in [1.54, 1.807) is 0 Å². The van der Waals surface area contributed by atoms with Gasteiger partial charge in [0.05, 0.1) is 17.8 Å². The molecule has 0 aliphatic carbocycles. The molecule has 0 amide bonds. The molecule has 47 heavy (non-hydrogen) atoms. The molecular formula is C40H60O6Si. The summed E-state index contributed by atoms with van der Waals surface area (Å²) in [5, 5.41) is 13.7. The Balaban J connectivity index is 1.58. The summed E-state index contributed by atoms with van der Waals surface area (Å²) in [7, 11) is -2.70. The van der Waals surface area contributed by atoms with Crippen molar-refractivity contribution in [3.8, 4) is 0 Å². The molecule has 1 N–H and O–H groups in total. The monoisotopic (exact) mass is 664 g/mol. The Morgan fingerprint density at radius 3 is 2.13 bits per heavy atom. The van der Waals surface area contributed by atoms with Crippen LogP contribution >= 0.6 is 0 Å². The maximum absolute atomic E-state index is 11.5. The second-order valence-electron chi connectivity index (χ2n) is 15.4. The first-order valence-electron chi connectivity index (χ1n) is 17.8. The quantitative estimate of drug-likeness (QED) is 0.137. The summed E-state index contributed by atoms with van der Waals surface area (Å²) < 4.78 is 26.8. The first kappa shape index (κ1) is 37.5. The Labute approximate surface area is 285 Å². The second-order valence-corrected chi connectivity index (χ2v) is 19.7. The van der Waals surface area contributed by atoms with Crippen LogP contribution in [-0.2, 0) is 23.4 Å². The Kier molecular flexibility index (Phi) is 12.4. The van der Waals surface area contributed by atoms with Crippen LogP contribution < -0.4 is 10.4 Å². The van der Waals surface area contributed by atoms with Crippen LogP contribution in [0.2, 0.25) is 5.04 Å². The molecule has 8 atom stereocenters. The average Bonchev–Trinajstić information content (AvgIpc) is 3.05. The van der Waals surface area contributed by atoms with E-state index in [1.165, 1.54) is 17.3 Å². The van der Waals surface area contributed by atoms with E-state index in [2.05, 4.69) is 121 Å². The fraction of sp³-hybridized carbons (Fsp3) is 0.625. The van der Waals surface area contributed by atoms with Gasteiger partial charge >= 0.3 is 5.97 Å². The predicted molar refractivity (Wildman–Crippen MR) is 192 cm³/mol. The van der Waals surface area contributed by atoms with Crippen LogP contribution in [0.5, 0.6) is 0 Å². The lowest BCUT2D eigenvalue weighted by molar-refractivity contribution is -0.321. The fourth-order valence-electron chi connectivity index (χ4n) is 7.96. The van der Waals surface area contributed by atoms with Crippen LogP contribution in [-0.4, -0.2) is 56.2 Å². The van der Waals surface area contributed by atoms with Gasteiger partial charge in [-0.05, 0) is 65.4 Å². The predicted octanol–water partition coefficient (Wildman–Crippen LogP) is 7.42. The molecule has 4 rings (SSSR count). The molecule has 1 fully saturated rings. The van der Waals surface area contributed by atoms with Crippen molar-refractivity contribution in [2.24, 2.45) is 23.7 Å². The highest BCUT2D eigenvalue weighted by Gasteiger charge is 2.53. The maximum Gasteiger partial charge on any atom is 0.302 e. The van der Waals surface area contributed by atoms with E-state index in [9.17, 15) is 9.90 Å². The van der Waals surface area contributed by atoms with Gasteiger partial charge in [-0.15, -0.1) is 0 Å². The minimum Gasteiger partial charge on any atom is -0.463 e. The van der Waals surface area contributed by atoms with E-state index < -0.39 is 19.7 Å². The van der Waals surface area contributed by atoms with E-state index in [0.717, 1.165) is 19.3 Å². The standard InChI is InChI=1S/C40H60O6Si/c1-10-33(27-44-47(38(7,8)9,34-19-14-12-15-20-34)35-21-16-13-17-22-35)37-29(3)25-31(5)40(46-37)24-18-23-36(45-40)30(4)26-39(42,11-2)28-43-32(6)41/h12-22,24,29-31,33,36-37,42H,10-11,23,25-28H2,1-9H3/t29-,30+,31+,33-,36+,37-,39+,40-/m0/s1. The highest BCUT2D eigenvalue weighted by Crippen LogP contribution is 2.46. The first-order valence-corrected chi connectivity index (χ1v) is 19.7. The molecular weight excluding hydrogens is 605 g/mol. The van der Waals surface area contributed by atoms with Gasteiger partial charge in [0.1, 0.15) is 6.61 Å². The molecule has 2 heterocycles. The number of esters is 1. The van der Waals surface area contributed by atoms with Gasteiger partial charge in [-0.1, -0.05) is 122 Å². The smallest absolute Gasteiger partial charge is 0.302 e. The molecule has 260 valence electrons. The summed E-state index contributed by atoms with van der Waals surface area (Å²) in [5.74, 6) is -0.493. The van der Waals surface area contributed by atoms with Gasteiger partial charge < -0.3 is 23.7 Å². The second kappa shape index (κ2) is 15.5. The van der Waals surface area contributed by atoms with E-state index in [-0.39, 0.29) is 47.6 Å². The molecule has 1 spiro atoms. The van der Waals surface area contributed by atoms with Crippen molar-refractivity contribution in [2.45, 2.75) is 123 Å². The summed E-state index contributed by atoms with van der Waals surface area (Å²) in [6.07, 6.45) is 7.81. The van der Waals surface area contributed by atoms with Gasteiger partial charge in [0.25, 0.3) is 8.32 Å². The number of hydrogen-bond donors (Lipinski definition) is 1. The third kappa shape index (κ3) is 8.30. The number of benzene rings is 2. The molecule has 6 nitrogen and oxygen atoms in total. The zero-order valence-electron chi connectivity index (χ0n) is 30.3. The fourth-order valence-corrected chi connectivity index (χ4v) is 12.6. The summed E-state index contributed by atoms with van der Waals surface area (Å²) in [6.45, 7) is 19.8. The topological polar surface area (TPSA) is 74.2 Å². The van der Waals surface area contributed by atoms with Crippen molar-refractivity contribution in [2.75, 3.05) is 13.2 Å². The van der Waals surface area contributed by atoms with Crippen molar-refractivity contribution in [3.05, 3.63) is 72.8 Å². The summed E-state index contributed by atoms with van der Waals surface area (Å²) in [6, 6.07) is 21.7. The van der Waals surface area contributed by atoms with Crippen LogP contribution in [0.3, 0.4) is 0 Å². The first-order chi connectivity index (χ1) is 22.2. The van der Waals surface area contributed by atoms with Gasteiger partial charge in [-0.2, -0.15) is 0 Å². The Bertz CT molecular complexity index is 1270. The van der Waals surface area contributed by atoms with Gasteiger partial charge in [-0.3, -0.25) is 4.79 Å². The van der Waals surface area contributed by atoms with Crippen LogP contribution in [0.1, 0.15) is 94.4 Å². The molecule has 0 saturated carbocycles. The van der Waals surface area contributed by atoms with Crippen molar-refractivity contribution >= 4 is 24.7 Å². The zero-order chi connectivity index (χ0) is 34.5. The Morgan fingerprint density at radius 1 is 1.02 bits per heavy atom. The summed E-state index contributed by atoms with van der Waals surface area (Å²) in [4.78, 5) is 11.5. The molecule has 2 aromatic carbocycles. The number of hydrogen-bond acceptors (Lipinski definition) is 6. The molecule has 0 radical (unpaired) electrons. The zero-order valence-corrected chi connectivity index (χ0v) is 31.3. The normalized spacial score (nSPS) is 27.6. The molecule has 0 aromatic heterocycles.